The molecule has 1 fully saturated rings. The molecule has 0 unspecified atom stereocenters. The van der Waals surface area contributed by atoms with Crippen LogP contribution >= 0.6 is 0 Å². The number of nitrogens with one attached hydrogen (secondary N) is 1. The number of likely N-dealkylation sites (tertiary alicyclic amines) is 1. The zero-order valence-electron chi connectivity index (χ0n) is 14.6. The van der Waals surface area contributed by atoms with E-state index < -0.39 is 0 Å². The zero-order chi connectivity index (χ0) is 16.3. The molecule has 0 saturated carbocycles. The molecule has 0 radical (unpaired) electrons. The maximum atomic E-state index is 12.0. The zero-order valence-corrected chi connectivity index (χ0v) is 14.6. The fourth-order valence-corrected chi connectivity index (χ4v) is 3.06. The Bertz CT molecular complexity index is 521. The predicted molar refractivity (Wildman–Crippen MR) is 88.9 cm³/mol. The Morgan fingerprint density at radius 2 is 2.09 bits per heavy atom. The fourth-order valence-electron chi connectivity index (χ4n) is 3.06. The molecule has 2 rings (SSSR count). The van der Waals surface area contributed by atoms with Crippen molar-refractivity contribution in [2.24, 2.45) is 5.92 Å². The van der Waals surface area contributed by atoms with E-state index in [0.717, 1.165) is 31.0 Å². The van der Waals surface area contributed by atoms with Crippen molar-refractivity contribution in [2.75, 3.05) is 19.6 Å². The van der Waals surface area contributed by atoms with Gasteiger partial charge in [-0.2, -0.15) is 5.10 Å². The number of hydrogen-bond acceptors (Lipinski definition) is 3. The van der Waals surface area contributed by atoms with E-state index in [1.165, 1.54) is 12.0 Å². The van der Waals surface area contributed by atoms with Crippen molar-refractivity contribution in [3.63, 3.8) is 0 Å². The minimum absolute atomic E-state index is 0.133. The van der Waals surface area contributed by atoms with Gasteiger partial charge in [-0.3, -0.25) is 9.48 Å². The molecular formula is C17H30N4O. The molecule has 0 aromatic carbocycles. The van der Waals surface area contributed by atoms with Crippen molar-refractivity contribution in [1.29, 1.82) is 0 Å². The van der Waals surface area contributed by atoms with Crippen LogP contribution in [0.25, 0.3) is 0 Å². The second-order valence-electron chi connectivity index (χ2n) is 6.82. The monoisotopic (exact) mass is 306 g/mol. The molecule has 0 aliphatic carbocycles. The molecule has 0 spiro atoms. The topological polar surface area (TPSA) is 50.2 Å². The van der Waals surface area contributed by atoms with E-state index in [9.17, 15) is 4.79 Å². The summed E-state index contributed by atoms with van der Waals surface area (Å²) in [4.78, 5) is 14.5. The standard InChI is InChI=1S/C17H30N4O/c1-12(2)20-8-6-16(11-20)10-18-17(22)7-9-21-15(5)13(3)14(4)19-21/h12,16H,6-11H2,1-5H3,(H,18,22)/t16-/m1/s1. The number of aryl methyl sites for hydroxylation is 2. The molecule has 1 aromatic rings. The molecule has 5 nitrogen and oxygen atoms in total. The third kappa shape index (κ3) is 4.09. The molecule has 1 amide bonds. The lowest BCUT2D eigenvalue weighted by Crippen LogP contribution is -2.33. The van der Waals surface area contributed by atoms with Crippen LogP contribution < -0.4 is 5.32 Å². The van der Waals surface area contributed by atoms with E-state index in [0.29, 0.717) is 24.9 Å². The maximum absolute atomic E-state index is 12.0. The highest BCUT2D eigenvalue weighted by Crippen LogP contribution is 2.17. The number of hydrogen-bond donors (Lipinski definition) is 1. The van der Waals surface area contributed by atoms with Gasteiger partial charge in [0.25, 0.3) is 0 Å². The highest BCUT2D eigenvalue weighted by molar-refractivity contribution is 5.75. The minimum Gasteiger partial charge on any atom is -0.356 e. The Morgan fingerprint density at radius 3 is 2.64 bits per heavy atom. The van der Waals surface area contributed by atoms with Gasteiger partial charge in [-0.15, -0.1) is 0 Å². The van der Waals surface area contributed by atoms with Crippen LogP contribution in [-0.2, 0) is 11.3 Å². The van der Waals surface area contributed by atoms with Gasteiger partial charge in [-0.25, -0.2) is 0 Å². The van der Waals surface area contributed by atoms with Crippen LogP contribution in [0.2, 0.25) is 0 Å². The molecule has 1 N–H and O–H groups in total. The average Bonchev–Trinajstić information content (AvgIpc) is 3.04. The third-order valence-electron chi connectivity index (χ3n) is 4.93. The summed E-state index contributed by atoms with van der Waals surface area (Å²) in [5, 5.41) is 7.57. The lowest BCUT2D eigenvalue weighted by atomic mass is 10.1. The molecule has 1 saturated heterocycles. The van der Waals surface area contributed by atoms with Crippen LogP contribution in [0.1, 0.15) is 43.6 Å². The first-order valence-corrected chi connectivity index (χ1v) is 8.39. The number of carbonyl (C=O) groups excluding carboxylic acids is 1. The van der Waals surface area contributed by atoms with E-state index in [1.54, 1.807) is 0 Å². The minimum atomic E-state index is 0.133. The first kappa shape index (κ1) is 17.0. The van der Waals surface area contributed by atoms with Crippen LogP contribution in [0.5, 0.6) is 0 Å². The summed E-state index contributed by atoms with van der Waals surface area (Å²) in [5.41, 5.74) is 3.44. The second-order valence-corrected chi connectivity index (χ2v) is 6.82. The quantitative estimate of drug-likeness (QED) is 0.875. The highest BCUT2D eigenvalue weighted by Gasteiger charge is 2.24. The van der Waals surface area contributed by atoms with Gasteiger partial charge in [-0.05, 0) is 59.1 Å². The van der Waals surface area contributed by atoms with Gasteiger partial charge in [0.05, 0.1) is 5.69 Å². The summed E-state index contributed by atoms with van der Waals surface area (Å²) in [5.74, 6) is 0.732. The lowest BCUT2D eigenvalue weighted by molar-refractivity contribution is -0.121. The molecule has 5 heteroatoms. The number of nitrogens with zero attached hydrogens (tertiary/aromatic N) is 3. The van der Waals surface area contributed by atoms with Gasteiger partial charge >= 0.3 is 0 Å². The van der Waals surface area contributed by atoms with Crippen LogP contribution in [0.15, 0.2) is 0 Å². The van der Waals surface area contributed by atoms with E-state index in [-0.39, 0.29) is 5.91 Å². The summed E-state index contributed by atoms with van der Waals surface area (Å²) < 4.78 is 1.94. The van der Waals surface area contributed by atoms with Crippen LogP contribution in [0.3, 0.4) is 0 Å². The SMILES string of the molecule is Cc1nn(CCC(=O)NC[C@H]2CCN(C(C)C)C2)c(C)c1C. The van der Waals surface area contributed by atoms with Crippen molar-refractivity contribution in [3.05, 3.63) is 17.0 Å². The number of amides is 1. The van der Waals surface area contributed by atoms with E-state index >= 15 is 0 Å². The predicted octanol–water partition coefficient (Wildman–Crippen LogP) is 2.04. The fraction of sp³-hybridized carbons (Fsp3) is 0.765. The van der Waals surface area contributed by atoms with Gasteiger partial charge in [0.15, 0.2) is 0 Å². The van der Waals surface area contributed by atoms with E-state index in [2.05, 4.69) is 43.0 Å². The normalized spacial score (nSPS) is 19.1. The van der Waals surface area contributed by atoms with Crippen molar-refractivity contribution in [3.8, 4) is 0 Å². The van der Waals surface area contributed by atoms with Gasteiger partial charge in [-0.1, -0.05) is 0 Å². The first-order valence-electron chi connectivity index (χ1n) is 8.39. The number of rotatable bonds is 6. The molecule has 1 aliphatic heterocycles. The van der Waals surface area contributed by atoms with Crippen LogP contribution in [-0.4, -0.2) is 46.3 Å². The average molecular weight is 306 g/mol. The Morgan fingerprint density at radius 1 is 1.36 bits per heavy atom. The molecule has 22 heavy (non-hydrogen) atoms. The third-order valence-corrected chi connectivity index (χ3v) is 4.93. The highest BCUT2D eigenvalue weighted by atomic mass is 16.1. The Balaban J connectivity index is 1.71. The lowest BCUT2D eigenvalue weighted by Gasteiger charge is -2.20. The summed E-state index contributed by atoms with van der Waals surface area (Å²) in [6.07, 6.45) is 1.69. The number of aromatic nitrogens is 2. The molecular weight excluding hydrogens is 276 g/mol. The van der Waals surface area contributed by atoms with Gasteiger partial charge < -0.3 is 10.2 Å². The summed E-state index contributed by atoms with van der Waals surface area (Å²) in [6.45, 7) is 14.3. The van der Waals surface area contributed by atoms with E-state index in [1.807, 2.05) is 11.6 Å². The van der Waals surface area contributed by atoms with E-state index in [4.69, 9.17) is 0 Å². The van der Waals surface area contributed by atoms with Gasteiger partial charge in [0.1, 0.15) is 0 Å². The largest absolute Gasteiger partial charge is 0.356 e. The molecule has 1 aliphatic rings. The van der Waals surface area contributed by atoms with Crippen molar-refractivity contribution in [2.45, 2.75) is 60.0 Å². The van der Waals surface area contributed by atoms with Crippen molar-refractivity contribution in [1.82, 2.24) is 20.0 Å². The number of carbonyl (C=O) groups is 1. The van der Waals surface area contributed by atoms with Crippen LogP contribution in [0, 0.1) is 26.7 Å². The van der Waals surface area contributed by atoms with Crippen molar-refractivity contribution < 1.29 is 4.79 Å². The van der Waals surface area contributed by atoms with Crippen molar-refractivity contribution >= 4 is 5.91 Å². The molecule has 124 valence electrons. The van der Waals surface area contributed by atoms with Gasteiger partial charge in [0.2, 0.25) is 5.91 Å². The Hall–Kier alpha value is -1.36. The Kier molecular flexibility index (Phi) is 5.62. The van der Waals surface area contributed by atoms with Gasteiger partial charge in [0, 0.05) is 37.8 Å². The smallest absolute Gasteiger partial charge is 0.221 e. The summed E-state index contributed by atoms with van der Waals surface area (Å²) >= 11 is 0. The summed E-state index contributed by atoms with van der Waals surface area (Å²) in [7, 11) is 0. The molecule has 1 aromatic heterocycles. The summed E-state index contributed by atoms with van der Waals surface area (Å²) in [6, 6.07) is 0.606. The molecule has 0 bridgehead atoms. The second kappa shape index (κ2) is 7.27. The molecule has 1 atom stereocenters. The Labute approximate surface area is 134 Å². The molecule has 2 heterocycles. The van der Waals surface area contributed by atoms with Crippen LogP contribution in [0.4, 0.5) is 0 Å². The maximum Gasteiger partial charge on any atom is 0.221 e. The first-order chi connectivity index (χ1) is 10.4.